The molecule has 0 aliphatic carbocycles. The molecule has 2 aromatic rings. The molecule has 1 aliphatic heterocycles. The highest BCUT2D eigenvalue weighted by Crippen LogP contribution is 2.30. The molecule has 1 aliphatic rings. The molecule has 1 heterocycles. The van der Waals surface area contributed by atoms with Crippen LogP contribution in [0, 0.1) is 0 Å². The van der Waals surface area contributed by atoms with Crippen LogP contribution in [0.5, 0.6) is 11.5 Å². The van der Waals surface area contributed by atoms with Crippen LogP contribution in [0.3, 0.4) is 0 Å². The summed E-state index contributed by atoms with van der Waals surface area (Å²) >= 11 is 0. The molecule has 3 rings (SSSR count). The van der Waals surface area contributed by atoms with E-state index in [1.165, 1.54) is 11.1 Å². The minimum absolute atomic E-state index is 0.132. The third-order valence-corrected chi connectivity index (χ3v) is 3.82. The van der Waals surface area contributed by atoms with Crippen molar-refractivity contribution < 1.29 is 14.3 Å². The van der Waals surface area contributed by atoms with Crippen molar-refractivity contribution in [3.63, 3.8) is 0 Å². The second kappa shape index (κ2) is 6.71. The molecular formula is C18H20N2O3. The number of ether oxygens (including phenoxy) is 2. The van der Waals surface area contributed by atoms with Gasteiger partial charge in [0.1, 0.15) is 0 Å². The quantitative estimate of drug-likeness (QED) is 0.891. The fourth-order valence-corrected chi connectivity index (χ4v) is 2.66. The van der Waals surface area contributed by atoms with Gasteiger partial charge in [0, 0.05) is 30.4 Å². The number of rotatable bonds is 5. The minimum Gasteiger partial charge on any atom is -0.493 e. The summed E-state index contributed by atoms with van der Waals surface area (Å²) in [4.78, 5) is 12.4. The second-order valence-electron chi connectivity index (χ2n) is 5.34. The summed E-state index contributed by atoms with van der Waals surface area (Å²) in [5, 5.41) is 6.18. The zero-order valence-corrected chi connectivity index (χ0v) is 13.3. The van der Waals surface area contributed by atoms with Gasteiger partial charge in [-0.2, -0.15) is 0 Å². The van der Waals surface area contributed by atoms with Crippen LogP contribution in [0.25, 0.3) is 0 Å². The molecule has 0 spiro atoms. The van der Waals surface area contributed by atoms with Gasteiger partial charge in [0.25, 0.3) is 5.91 Å². The zero-order chi connectivity index (χ0) is 16.2. The number of nitrogens with one attached hydrogen (secondary N) is 2. The number of carbonyl (C=O) groups excluding carboxylic acids is 1. The number of methoxy groups -OCH3 is 1. The lowest BCUT2D eigenvalue weighted by Crippen LogP contribution is -2.12. The number of hydrogen-bond donors (Lipinski definition) is 2. The molecule has 1 amide bonds. The SMILES string of the molecule is CCOc1cc(NC(=O)c2ccc3c(c2)CNC3)ccc1OC. The van der Waals surface area contributed by atoms with E-state index in [0.717, 1.165) is 13.1 Å². The lowest BCUT2D eigenvalue weighted by atomic mass is 10.1. The first kappa shape index (κ1) is 15.4. The Morgan fingerprint density at radius 1 is 1.13 bits per heavy atom. The van der Waals surface area contributed by atoms with Crippen molar-refractivity contribution in [2.24, 2.45) is 0 Å². The van der Waals surface area contributed by atoms with Gasteiger partial charge in [0.15, 0.2) is 11.5 Å². The third-order valence-electron chi connectivity index (χ3n) is 3.82. The van der Waals surface area contributed by atoms with E-state index < -0.39 is 0 Å². The van der Waals surface area contributed by atoms with E-state index in [1.807, 2.05) is 25.1 Å². The number of benzene rings is 2. The summed E-state index contributed by atoms with van der Waals surface area (Å²) in [6, 6.07) is 11.2. The average molecular weight is 312 g/mol. The minimum atomic E-state index is -0.132. The van der Waals surface area contributed by atoms with Crippen molar-refractivity contribution in [3.05, 3.63) is 53.1 Å². The van der Waals surface area contributed by atoms with Crippen molar-refractivity contribution in [2.45, 2.75) is 20.0 Å². The number of fused-ring (bicyclic) bond motifs is 1. The largest absolute Gasteiger partial charge is 0.493 e. The van der Waals surface area contributed by atoms with Gasteiger partial charge in [-0.1, -0.05) is 6.07 Å². The van der Waals surface area contributed by atoms with E-state index in [0.29, 0.717) is 29.4 Å². The number of carbonyl (C=O) groups is 1. The highest BCUT2D eigenvalue weighted by Gasteiger charge is 2.14. The molecule has 0 bridgehead atoms. The van der Waals surface area contributed by atoms with E-state index in [2.05, 4.69) is 10.6 Å². The molecule has 0 atom stereocenters. The first-order valence-electron chi connectivity index (χ1n) is 7.66. The first-order chi connectivity index (χ1) is 11.2. The van der Waals surface area contributed by atoms with Gasteiger partial charge in [-0.15, -0.1) is 0 Å². The predicted molar refractivity (Wildman–Crippen MR) is 89.1 cm³/mol. The Labute approximate surface area is 135 Å². The highest BCUT2D eigenvalue weighted by atomic mass is 16.5. The lowest BCUT2D eigenvalue weighted by molar-refractivity contribution is 0.102. The Kier molecular flexibility index (Phi) is 4.48. The smallest absolute Gasteiger partial charge is 0.255 e. The fraction of sp³-hybridized carbons (Fsp3) is 0.278. The average Bonchev–Trinajstić information content (AvgIpc) is 3.03. The van der Waals surface area contributed by atoms with Crippen LogP contribution in [0.4, 0.5) is 5.69 Å². The topological polar surface area (TPSA) is 59.6 Å². The molecule has 0 saturated heterocycles. The Morgan fingerprint density at radius 2 is 1.96 bits per heavy atom. The standard InChI is InChI=1S/C18H20N2O3/c1-3-23-17-9-15(6-7-16(17)22-2)20-18(21)12-4-5-13-10-19-11-14(13)8-12/h4-9,19H,3,10-11H2,1-2H3,(H,20,21). The Morgan fingerprint density at radius 3 is 2.74 bits per heavy atom. The van der Waals surface area contributed by atoms with Crippen LogP contribution >= 0.6 is 0 Å². The van der Waals surface area contributed by atoms with Gasteiger partial charge in [0.05, 0.1) is 13.7 Å². The summed E-state index contributed by atoms with van der Waals surface area (Å²) < 4.78 is 10.8. The Balaban J connectivity index is 1.78. The number of amides is 1. The van der Waals surface area contributed by atoms with Gasteiger partial charge >= 0.3 is 0 Å². The first-order valence-corrected chi connectivity index (χ1v) is 7.66. The summed E-state index contributed by atoms with van der Waals surface area (Å²) in [6.45, 7) is 4.12. The highest BCUT2D eigenvalue weighted by molar-refractivity contribution is 6.04. The van der Waals surface area contributed by atoms with E-state index in [-0.39, 0.29) is 5.91 Å². The molecule has 0 unspecified atom stereocenters. The molecule has 120 valence electrons. The number of anilines is 1. The summed E-state index contributed by atoms with van der Waals surface area (Å²) in [5.74, 6) is 1.13. The lowest BCUT2D eigenvalue weighted by Gasteiger charge is -2.12. The molecule has 0 aromatic heterocycles. The van der Waals surface area contributed by atoms with E-state index in [1.54, 1.807) is 25.3 Å². The van der Waals surface area contributed by atoms with E-state index in [9.17, 15) is 4.79 Å². The summed E-state index contributed by atoms with van der Waals surface area (Å²) in [5.41, 5.74) is 3.77. The normalized spacial score (nSPS) is 12.6. The van der Waals surface area contributed by atoms with Crippen molar-refractivity contribution in [1.82, 2.24) is 5.32 Å². The fourth-order valence-electron chi connectivity index (χ4n) is 2.66. The Bertz CT molecular complexity index is 728. The molecular weight excluding hydrogens is 292 g/mol. The van der Waals surface area contributed by atoms with Gasteiger partial charge in [-0.05, 0) is 42.3 Å². The number of hydrogen-bond acceptors (Lipinski definition) is 4. The van der Waals surface area contributed by atoms with Gasteiger partial charge in [-0.25, -0.2) is 0 Å². The molecule has 2 N–H and O–H groups in total. The molecule has 0 fully saturated rings. The molecule has 0 radical (unpaired) electrons. The van der Waals surface area contributed by atoms with Crippen molar-refractivity contribution in [1.29, 1.82) is 0 Å². The van der Waals surface area contributed by atoms with Crippen LogP contribution in [0.1, 0.15) is 28.4 Å². The van der Waals surface area contributed by atoms with Crippen LogP contribution in [-0.2, 0) is 13.1 Å². The molecule has 5 nitrogen and oxygen atoms in total. The monoisotopic (exact) mass is 312 g/mol. The van der Waals surface area contributed by atoms with Crippen LogP contribution in [0.2, 0.25) is 0 Å². The van der Waals surface area contributed by atoms with Gasteiger partial charge in [-0.3, -0.25) is 4.79 Å². The van der Waals surface area contributed by atoms with Crippen LogP contribution in [-0.4, -0.2) is 19.6 Å². The van der Waals surface area contributed by atoms with E-state index >= 15 is 0 Å². The Hall–Kier alpha value is -2.53. The second-order valence-corrected chi connectivity index (χ2v) is 5.34. The van der Waals surface area contributed by atoms with Gasteiger partial charge in [0.2, 0.25) is 0 Å². The summed E-state index contributed by atoms with van der Waals surface area (Å²) in [6.07, 6.45) is 0. The molecule has 0 saturated carbocycles. The zero-order valence-electron chi connectivity index (χ0n) is 13.3. The third kappa shape index (κ3) is 3.29. The van der Waals surface area contributed by atoms with Crippen LogP contribution in [0.15, 0.2) is 36.4 Å². The van der Waals surface area contributed by atoms with E-state index in [4.69, 9.17) is 9.47 Å². The maximum absolute atomic E-state index is 12.4. The van der Waals surface area contributed by atoms with Crippen molar-refractivity contribution in [3.8, 4) is 11.5 Å². The van der Waals surface area contributed by atoms with Crippen LogP contribution < -0.4 is 20.1 Å². The molecule has 23 heavy (non-hydrogen) atoms. The molecule has 5 heteroatoms. The predicted octanol–water partition coefficient (Wildman–Crippen LogP) is 2.95. The van der Waals surface area contributed by atoms with Crippen molar-refractivity contribution >= 4 is 11.6 Å². The summed E-state index contributed by atoms with van der Waals surface area (Å²) in [7, 11) is 1.59. The maximum atomic E-state index is 12.4. The molecule has 2 aromatic carbocycles. The maximum Gasteiger partial charge on any atom is 0.255 e. The van der Waals surface area contributed by atoms with Gasteiger partial charge < -0.3 is 20.1 Å². The van der Waals surface area contributed by atoms with Crippen molar-refractivity contribution in [2.75, 3.05) is 19.0 Å².